The molecule has 3 N–H and O–H groups in total. The Labute approximate surface area is 113 Å². The minimum Gasteiger partial charge on any atom is -0.341 e. The van der Waals surface area contributed by atoms with Gasteiger partial charge < -0.3 is 16.0 Å². The summed E-state index contributed by atoms with van der Waals surface area (Å²) in [5.74, 6) is 0.177. The fourth-order valence-corrected chi connectivity index (χ4v) is 2.96. The lowest BCUT2D eigenvalue weighted by Gasteiger charge is -2.16. The summed E-state index contributed by atoms with van der Waals surface area (Å²) in [6.07, 6.45) is 2.44. The molecule has 1 amide bonds. The maximum Gasteiger partial charge on any atom is 0.223 e. The van der Waals surface area contributed by atoms with Crippen molar-refractivity contribution in [1.29, 1.82) is 0 Å². The standard InChI is InChI=1S/C12H23N3O2S/c1-10(16)18-11-8-12(17)15(9-11)7-3-6-14-5-2-4-13/h11,14H,2-9,13H2,1H3. The number of nitrogens with two attached hydrogens (primary N) is 1. The van der Waals surface area contributed by atoms with Gasteiger partial charge in [-0.3, -0.25) is 9.59 Å². The van der Waals surface area contributed by atoms with Crippen LogP contribution in [-0.4, -0.2) is 53.9 Å². The molecular formula is C12H23N3O2S. The molecule has 0 aromatic heterocycles. The van der Waals surface area contributed by atoms with E-state index in [-0.39, 0.29) is 16.3 Å². The number of amides is 1. The minimum atomic E-state index is 0.0955. The number of carbonyl (C=O) groups excluding carboxylic acids is 2. The van der Waals surface area contributed by atoms with E-state index in [0.717, 1.165) is 32.5 Å². The van der Waals surface area contributed by atoms with E-state index in [2.05, 4.69) is 5.32 Å². The Hall–Kier alpha value is -0.590. The molecule has 5 nitrogen and oxygen atoms in total. The van der Waals surface area contributed by atoms with Crippen LogP contribution >= 0.6 is 11.8 Å². The molecule has 18 heavy (non-hydrogen) atoms. The lowest BCUT2D eigenvalue weighted by molar-refractivity contribution is -0.127. The molecule has 1 unspecified atom stereocenters. The van der Waals surface area contributed by atoms with Gasteiger partial charge in [0.25, 0.3) is 0 Å². The van der Waals surface area contributed by atoms with Crippen molar-refractivity contribution in [2.75, 3.05) is 32.7 Å². The van der Waals surface area contributed by atoms with Gasteiger partial charge in [-0.15, -0.1) is 0 Å². The zero-order valence-electron chi connectivity index (χ0n) is 11.0. The fourth-order valence-electron chi connectivity index (χ4n) is 2.01. The van der Waals surface area contributed by atoms with Crippen LogP contribution in [0, 0.1) is 0 Å². The number of nitrogens with zero attached hydrogens (tertiary/aromatic N) is 1. The Morgan fingerprint density at radius 3 is 2.89 bits per heavy atom. The average Bonchev–Trinajstić information content (AvgIpc) is 2.63. The van der Waals surface area contributed by atoms with E-state index < -0.39 is 0 Å². The van der Waals surface area contributed by atoms with Crippen molar-refractivity contribution in [2.45, 2.75) is 31.4 Å². The first-order valence-corrected chi connectivity index (χ1v) is 7.37. The van der Waals surface area contributed by atoms with Gasteiger partial charge in [0.15, 0.2) is 5.12 Å². The van der Waals surface area contributed by atoms with E-state index in [4.69, 9.17) is 5.73 Å². The predicted molar refractivity (Wildman–Crippen MR) is 74.4 cm³/mol. The summed E-state index contributed by atoms with van der Waals surface area (Å²) < 4.78 is 0. The summed E-state index contributed by atoms with van der Waals surface area (Å²) in [6, 6.07) is 0. The highest BCUT2D eigenvalue weighted by atomic mass is 32.2. The van der Waals surface area contributed by atoms with Crippen LogP contribution in [0.1, 0.15) is 26.2 Å². The Bertz CT molecular complexity index is 286. The molecule has 1 aliphatic rings. The van der Waals surface area contributed by atoms with Gasteiger partial charge in [0, 0.05) is 31.7 Å². The van der Waals surface area contributed by atoms with Crippen LogP contribution in [0.2, 0.25) is 0 Å². The molecule has 0 bridgehead atoms. The largest absolute Gasteiger partial charge is 0.341 e. The van der Waals surface area contributed by atoms with Gasteiger partial charge in [0.2, 0.25) is 5.91 Å². The van der Waals surface area contributed by atoms with Crippen molar-refractivity contribution in [3.63, 3.8) is 0 Å². The van der Waals surface area contributed by atoms with Gasteiger partial charge >= 0.3 is 0 Å². The quantitative estimate of drug-likeness (QED) is 0.618. The van der Waals surface area contributed by atoms with Gasteiger partial charge in [-0.1, -0.05) is 11.8 Å². The molecule has 0 aromatic carbocycles. The van der Waals surface area contributed by atoms with Crippen molar-refractivity contribution in [3.05, 3.63) is 0 Å². The van der Waals surface area contributed by atoms with Crippen molar-refractivity contribution in [1.82, 2.24) is 10.2 Å². The summed E-state index contributed by atoms with van der Waals surface area (Å²) in [5, 5.41) is 3.54. The highest BCUT2D eigenvalue weighted by Crippen LogP contribution is 2.23. The number of rotatable bonds is 8. The van der Waals surface area contributed by atoms with Gasteiger partial charge in [-0.2, -0.15) is 0 Å². The van der Waals surface area contributed by atoms with Crippen molar-refractivity contribution in [2.24, 2.45) is 5.73 Å². The molecule has 1 rings (SSSR count). The van der Waals surface area contributed by atoms with Gasteiger partial charge in [0.05, 0.1) is 0 Å². The highest BCUT2D eigenvalue weighted by molar-refractivity contribution is 8.14. The number of carbonyl (C=O) groups is 2. The SMILES string of the molecule is CC(=O)SC1CC(=O)N(CCCNCCCN)C1. The van der Waals surface area contributed by atoms with Crippen LogP contribution in [-0.2, 0) is 9.59 Å². The van der Waals surface area contributed by atoms with Crippen LogP contribution in [0.4, 0.5) is 0 Å². The Morgan fingerprint density at radius 1 is 1.50 bits per heavy atom. The first-order valence-electron chi connectivity index (χ1n) is 6.49. The molecular weight excluding hydrogens is 250 g/mol. The first-order chi connectivity index (χ1) is 8.63. The lowest BCUT2D eigenvalue weighted by Crippen LogP contribution is -2.29. The zero-order chi connectivity index (χ0) is 13.4. The molecule has 6 heteroatoms. The van der Waals surface area contributed by atoms with Crippen LogP contribution < -0.4 is 11.1 Å². The van der Waals surface area contributed by atoms with Crippen molar-refractivity contribution < 1.29 is 9.59 Å². The van der Waals surface area contributed by atoms with E-state index in [0.29, 0.717) is 19.5 Å². The molecule has 1 aliphatic heterocycles. The molecule has 0 spiro atoms. The number of hydrogen-bond donors (Lipinski definition) is 2. The second-order valence-corrected chi connectivity index (χ2v) is 6.00. The summed E-state index contributed by atoms with van der Waals surface area (Å²) in [6.45, 7) is 5.61. The highest BCUT2D eigenvalue weighted by Gasteiger charge is 2.30. The third-order valence-corrected chi connectivity index (χ3v) is 3.83. The third kappa shape index (κ3) is 5.84. The molecule has 1 saturated heterocycles. The monoisotopic (exact) mass is 273 g/mol. The molecule has 0 radical (unpaired) electrons. The summed E-state index contributed by atoms with van der Waals surface area (Å²) in [4.78, 5) is 24.5. The zero-order valence-corrected chi connectivity index (χ0v) is 11.8. The van der Waals surface area contributed by atoms with E-state index in [9.17, 15) is 9.59 Å². The van der Waals surface area contributed by atoms with Crippen LogP contribution in [0.3, 0.4) is 0 Å². The molecule has 1 atom stereocenters. The topological polar surface area (TPSA) is 75.4 Å². The lowest BCUT2D eigenvalue weighted by atomic mass is 10.3. The Balaban J connectivity index is 2.11. The van der Waals surface area contributed by atoms with Crippen LogP contribution in [0.25, 0.3) is 0 Å². The number of hydrogen-bond acceptors (Lipinski definition) is 5. The maximum absolute atomic E-state index is 11.7. The van der Waals surface area contributed by atoms with E-state index >= 15 is 0 Å². The van der Waals surface area contributed by atoms with Gasteiger partial charge in [-0.25, -0.2) is 0 Å². The smallest absolute Gasteiger partial charge is 0.223 e. The van der Waals surface area contributed by atoms with E-state index in [1.807, 2.05) is 4.90 Å². The van der Waals surface area contributed by atoms with E-state index in [1.54, 1.807) is 6.92 Å². The number of thioether (sulfide) groups is 1. The third-order valence-electron chi connectivity index (χ3n) is 2.85. The summed E-state index contributed by atoms with van der Waals surface area (Å²) >= 11 is 1.29. The van der Waals surface area contributed by atoms with Gasteiger partial charge in [0.1, 0.15) is 0 Å². The van der Waals surface area contributed by atoms with E-state index in [1.165, 1.54) is 11.8 Å². The molecule has 1 heterocycles. The molecule has 104 valence electrons. The van der Waals surface area contributed by atoms with Gasteiger partial charge in [-0.05, 0) is 32.5 Å². The molecule has 0 aliphatic carbocycles. The number of nitrogens with one attached hydrogen (secondary N) is 1. The number of likely N-dealkylation sites (tertiary alicyclic amines) is 1. The predicted octanol–water partition coefficient (Wildman–Crippen LogP) is 0.196. The molecule has 0 aromatic rings. The molecule has 1 fully saturated rings. The van der Waals surface area contributed by atoms with Crippen molar-refractivity contribution >= 4 is 22.8 Å². The Kier molecular flexibility index (Phi) is 7.31. The second-order valence-electron chi connectivity index (χ2n) is 4.52. The van der Waals surface area contributed by atoms with Crippen LogP contribution in [0.5, 0.6) is 0 Å². The molecule has 0 saturated carbocycles. The minimum absolute atomic E-state index is 0.0955. The first kappa shape index (κ1) is 15.5. The normalized spacial score (nSPS) is 19.6. The summed E-state index contributed by atoms with van der Waals surface area (Å²) in [7, 11) is 0. The van der Waals surface area contributed by atoms with Crippen LogP contribution in [0.15, 0.2) is 0 Å². The fraction of sp³-hybridized carbons (Fsp3) is 0.833. The Morgan fingerprint density at radius 2 is 2.22 bits per heavy atom. The summed E-state index contributed by atoms with van der Waals surface area (Å²) in [5.41, 5.74) is 5.39. The van der Waals surface area contributed by atoms with Crippen molar-refractivity contribution in [3.8, 4) is 0 Å². The maximum atomic E-state index is 11.7. The second kappa shape index (κ2) is 8.50. The average molecular weight is 273 g/mol.